The molecule has 1 aromatic carbocycles. The zero-order valence-corrected chi connectivity index (χ0v) is 9.76. The maximum atomic E-state index is 12.8. The molecule has 0 amide bonds. The Morgan fingerprint density at radius 3 is 2.27 bits per heavy atom. The van der Waals surface area contributed by atoms with Gasteiger partial charge in [0.05, 0.1) is 0 Å². The van der Waals surface area contributed by atoms with Gasteiger partial charge in [-0.25, -0.2) is 4.39 Å². The summed E-state index contributed by atoms with van der Waals surface area (Å²) in [7, 11) is 0. The second-order valence-electron chi connectivity index (χ2n) is 4.62. The fraction of sp³-hybridized carbons (Fsp3) is 0.538. The van der Waals surface area contributed by atoms with Crippen LogP contribution in [0.2, 0.25) is 0 Å². The summed E-state index contributed by atoms with van der Waals surface area (Å²) in [6.07, 6.45) is 2.07. The quantitative estimate of drug-likeness (QED) is 0.809. The molecule has 0 heterocycles. The zero-order valence-electron chi connectivity index (χ0n) is 9.76. The Morgan fingerprint density at radius 1 is 1.27 bits per heavy atom. The summed E-state index contributed by atoms with van der Waals surface area (Å²) in [5, 5.41) is 0. The largest absolute Gasteiger partial charge is 0.327 e. The van der Waals surface area contributed by atoms with Crippen LogP contribution < -0.4 is 5.73 Å². The van der Waals surface area contributed by atoms with E-state index >= 15 is 0 Å². The van der Waals surface area contributed by atoms with E-state index in [4.69, 9.17) is 5.73 Å². The van der Waals surface area contributed by atoms with Gasteiger partial charge >= 0.3 is 0 Å². The second kappa shape index (κ2) is 4.75. The first kappa shape index (κ1) is 12.2. The minimum atomic E-state index is -0.196. The molecule has 2 heteroatoms. The Kier molecular flexibility index (Phi) is 3.86. The number of nitrogens with two attached hydrogens (primary N) is 1. The molecule has 1 aromatic rings. The van der Waals surface area contributed by atoms with Gasteiger partial charge in [-0.15, -0.1) is 0 Å². The lowest BCUT2D eigenvalue weighted by atomic mass is 9.76. The van der Waals surface area contributed by atoms with E-state index in [9.17, 15) is 4.39 Å². The first-order chi connectivity index (χ1) is 6.98. The normalized spacial score (nSPS) is 13.9. The number of halogens is 1. The summed E-state index contributed by atoms with van der Waals surface area (Å²) < 4.78 is 12.8. The second-order valence-corrected chi connectivity index (χ2v) is 4.62. The van der Waals surface area contributed by atoms with Gasteiger partial charge in [-0.1, -0.05) is 39.3 Å². The van der Waals surface area contributed by atoms with Gasteiger partial charge in [0.15, 0.2) is 0 Å². The van der Waals surface area contributed by atoms with Gasteiger partial charge in [-0.05, 0) is 24.1 Å². The van der Waals surface area contributed by atoms with E-state index in [1.165, 1.54) is 12.1 Å². The smallest absolute Gasteiger partial charge is 0.123 e. The highest BCUT2D eigenvalue weighted by Crippen LogP contribution is 2.28. The Labute approximate surface area is 91.5 Å². The maximum absolute atomic E-state index is 12.8. The molecule has 1 rings (SSSR count). The number of benzene rings is 1. The Hall–Kier alpha value is -0.890. The molecule has 0 aliphatic rings. The highest BCUT2D eigenvalue weighted by Gasteiger charge is 2.27. The minimum absolute atomic E-state index is 0.0935. The van der Waals surface area contributed by atoms with Crippen molar-refractivity contribution in [2.24, 2.45) is 5.73 Å². The molecule has 0 aromatic heterocycles. The third kappa shape index (κ3) is 2.78. The third-order valence-corrected chi connectivity index (χ3v) is 3.11. The topological polar surface area (TPSA) is 26.0 Å². The van der Waals surface area contributed by atoms with E-state index in [2.05, 4.69) is 20.8 Å². The van der Waals surface area contributed by atoms with Crippen LogP contribution >= 0.6 is 0 Å². The highest BCUT2D eigenvalue weighted by molar-refractivity contribution is 5.26. The van der Waals surface area contributed by atoms with Gasteiger partial charge in [-0.2, -0.15) is 0 Å². The summed E-state index contributed by atoms with van der Waals surface area (Å²) in [5.74, 6) is -0.196. The van der Waals surface area contributed by atoms with Crippen LogP contribution in [-0.4, -0.2) is 6.04 Å². The lowest BCUT2D eigenvalue weighted by Crippen LogP contribution is -2.40. The molecule has 1 atom stereocenters. The van der Waals surface area contributed by atoms with Crippen molar-refractivity contribution >= 4 is 0 Å². The standard InChI is InChI=1S/C13H20FN/c1-4-5-12(15)13(2,3)10-6-8-11(14)9-7-10/h6-9,12H,4-5,15H2,1-3H3/t12-/m0/s1. The van der Waals surface area contributed by atoms with Gasteiger partial charge < -0.3 is 5.73 Å². The van der Waals surface area contributed by atoms with Crippen LogP contribution in [0.3, 0.4) is 0 Å². The molecule has 0 bridgehead atoms. The minimum Gasteiger partial charge on any atom is -0.327 e. The molecule has 0 saturated heterocycles. The molecular formula is C13H20FN. The SMILES string of the molecule is CCC[C@H](N)C(C)(C)c1ccc(F)cc1. The molecular weight excluding hydrogens is 189 g/mol. The van der Waals surface area contributed by atoms with Crippen molar-refractivity contribution < 1.29 is 4.39 Å². The molecule has 0 saturated carbocycles. The van der Waals surface area contributed by atoms with Crippen molar-refractivity contribution in [3.63, 3.8) is 0 Å². The Morgan fingerprint density at radius 2 is 1.80 bits per heavy atom. The van der Waals surface area contributed by atoms with Crippen molar-refractivity contribution in [2.45, 2.75) is 45.1 Å². The Bertz CT molecular complexity index is 303. The van der Waals surface area contributed by atoms with Crippen LogP contribution in [0.4, 0.5) is 4.39 Å². The van der Waals surface area contributed by atoms with Crippen LogP contribution in [0.15, 0.2) is 24.3 Å². The average molecular weight is 209 g/mol. The summed E-state index contributed by atoms with van der Waals surface area (Å²) in [4.78, 5) is 0. The van der Waals surface area contributed by atoms with Crippen LogP contribution in [-0.2, 0) is 5.41 Å². The van der Waals surface area contributed by atoms with E-state index in [-0.39, 0.29) is 17.3 Å². The van der Waals surface area contributed by atoms with Gasteiger partial charge in [0.2, 0.25) is 0 Å². The van der Waals surface area contributed by atoms with Crippen molar-refractivity contribution in [1.29, 1.82) is 0 Å². The van der Waals surface area contributed by atoms with Crippen LogP contribution in [0.5, 0.6) is 0 Å². The highest BCUT2D eigenvalue weighted by atomic mass is 19.1. The van der Waals surface area contributed by atoms with E-state index in [1.54, 1.807) is 0 Å². The van der Waals surface area contributed by atoms with Gasteiger partial charge in [-0.3, -0.25) is 0 Å². The van der Waals surface area contributed by atoms with Crippen LogP contribution in [0, 0.1) is 5.82 Å². The lowest BCUT2D eigenvalue weighted by molar-refractivity contribution is 0.385. The fourth-order valence-corrected chi connectivity index (χ4v) is 1.77. The molecule has 1 nitrogen and oxygen atoms in total. The predicted molar refractivity (Wildman–Crippen MR) is 62.3 cm³/mol. The van der Waals surface area contributed by atoms with E-state index < -0.39 is 0 Å². The predicted octanol–water partition coefficient (Wildman–Crippen LogP) is 3.23. The zero-order chi connectivity index (χ0) is 11.5. The summed E-state index contributed by atoms with van der Waals surface area (Å²) in [6.45, 7) is 6.35. The van der Waals surface area contributed by atoms with Gasteiger partial charge in [0.1, 0.15) is 5.82 Å². The molecule has 2 N–H and O–H groups in total. The van der Waals surface area contributed by atoms with E-state index in [0.29, 0.717) is 0 Å². The van der Waals surface area contributed by atoms with Crippen LogP contribution in [0.25, 0.3) is 0 Å². The molecule has 0 aliphatic heterocycles. The summed E-state index contributed by atoms with van der Waals surface area (Å²) in [6, 6.07) is 6.76. The number of hydrogen-bond acceptors (Lipinski definition) is 1. The molecule has 15 heavy (non-hydrogen) atoms. The molecule has 0 fully saturated rings. The summed E-state index contributed by atoms with van der Waals surface area (Å²) in [5.41, 5.74) is 7.15. The van der Waals surface area contributed by atoms with Gasteiger partial charge in [0.25, 0.3) is 0 Å². The lowest BCUT2D eigenvalue weighted by Gasteiger charge is -2.32. The first-order valence-electron chi connectivity index (χ1n) is 5.50. The van der Waals surface area contributed by atoms with Crippen molar-refractivity contribution in [2.75, 3.05) is 0 Å². The molecule has 0 radical (unpaired) electrons. The molecule has 84 valence electrons. The van der Waals surface area contributed by atoms with Gasteiger partial charge in [0, 0.05) is 11.5 Å². The monoisotopic (exact) mass is 209 g/mol. The van der Waals surface area contributed by atoms with E-state index in [0.717, 1.165) is 18.4 Å². The fourth-order valence-electron chi connectivity index (χ4n) is 1.77. The van der Waals surface area contributed by atoms with Crippen molar-refractivity contribution in [3.8, 4) is 0 Å². The van der Waals surface area contributed by atoms with Crippen LogP contribution in [0.1, 0.15) is 39.2 Å². The average Bonchev–Trinajstić information content (AvgIpc) is 2.18. The first-order valence-corrected chi connectivity index (χ1v) is 5.50. The summed E-state index contributed by atoms with van der Waals surface area (Å²) >= 11 is 0. The number of rotatable bonds is 4. The van der Waals surface area contributed by atoms with Crippen molar-refractivity contribution in [1.82, 2.24) is 0 Å². The third-order valence-electron chi connectivity index (χ3n) is 3.11. The number of hydrogen-bond donors (Lipinski definition) is 1. The Balaban J connectivity index is 2.89. The molecule has 0 unspecified atom stereocenters. The maximum Gasteiger partial charge on any atom is 0.123 e. The van der Waals surface area contributed by atoms with Crippen molar-refractivity contribution in [3.05, 3.63) is 35.6 Å². The molecule has 0 aliphatic carbocycles. The van der Waals surface area contributed by atoms with E-state index in [1.807, 2.05) is 12.1 Å². The molecule has 0 spiro atoms.